The maximum Gasteiger partial charge on any atom is 0.271 e. The molecular formula is C28H31ClN4O6S. The van der Waals surface area contributed by atoms with Crippen LogP contribution < -0.4 is 9.62 Å². The molecule has 2 amide bonds. The molecule has 12 heteroatoms. The predicted molar refractivity (Wildman–Crippen MR) is 153 cm³/mol. The molecule has 0 heterocycles. The monoisotopic (exact) mass is 586 g/mol. The van der Waals surface area contributed by atoms with Crippen LogP contribution in [0.15, 0.2) is 83.8 Å². The Bertz CT molecular complexity index is 1430. The van der Waals surface area contributed by atoms with Crippen molar-refractivity contribution in [2.75, 3.05) is 17.4 Å². The number of nitrogens with zero attached hydrogens (tertiary/aromatic N) is 3. The second-order valence-electron chi connectivity index (χ2n) is 8.96. The molecule has 0 aliphatic carbocycles. The van der Waals surface area contributed by atoms with Gasteiger partial charge in [-0.1, -0.05) is 61.8 Å². The molecule has 0 bridgehead atoms. The van der Waals surface area contributed by atoms with Crippen molar-refractivity contribution in [1.29, 1.82) is 0 Å². The summed E-state index contributed by atoms with van der Waals surface area (Å²) >= 11 is 6.02. The Balaban J connectivity index is 2.07. The van der Waals surface area contributed by atoms with Gasteiger partial charge in [0.05, 0.1) is 15.5 Å². The third-order valence-electron chi connectivity index (χ3n) is 6.14. The van der Waals surface area contributed by atoms with Crippen LogP contribution in [-0.4, -0.2) is 49.2 Å². The van der Waals surface area contributed by atoms with Crippen LogP contribution in [-0.2, 0) is 26.2 Å². The first-order valence-corrected chi connectivity index (χ1v) is 14.5. The number of nitro groups is 1. The smallest absolute Gasteiger partial charge is 0.271 e. The summed E-state index contributed by atoms with van der Waals surface area (Å²) < 4.78 is 28.4. The minimum absolute atomic E-state index is 0.0161. The van der Waals surface area contributed by atoms with E-state index in [9.17, 15) is 28.1 Å². The Labute approximate surface area is 238 Å². The highest BCUT2D eigenvalue weighted by Crippen LogP contribution is 2.28. The third-order valence-corrected chi connectivity index (χ3v) is 8.18. The van der Waals surface area contributed by atoms with E-state index in [4.69, 9.17) is 11.6 Å². The number of nitrogens with one attached hydrogen (secondary N) is 1. The molecule has 1 atom stereocenters. The first-order chi connectivity index (χ1) is 19.1. The van der Waals surface area contributed by atoms with Crippen LogP contribution in [0.25, 0.3) is 0 Å². The molecule has 3 rings (SSSR count). The van der Waals surface area contributed by atoms with Crippen molar-refractivity contribution in [3.8, 4) is 0 Å². The van der Waals surface area contributed by atoms with Gasteiger partial charge in [0.25, 0.3) is 15.7 Å². The summed E-state index contributed by atoms with van der Waals surface area (Å²) in [4.78, 5) is 39.1. The molecule has 0 aromatic heterocycles. The van der Waals surface area contributed by atoms with E-state index in [-0.39, 0.29) is 35.1 Å². The van der Waals surface area contributed by atoms with Crippen molar-refractivity contribution in [3.05, 3.63) is 99.6 Å². The zero-order chi connectivity index (χ0) is 29.3. The number of anilines is 1. The number of nitro benzene ring substituents is 1. The topological polar surface area (TPSA) is 130 Å². The number of carbonyl (C=O) groups excluding carboxylic acids is 2. The fourth-order valence-corrected chi connectivity index (χ4v) is 5.64. The quantitative estimate of drug-likeness (QED) is 0.227. The molecule has 0 saturated carbocycles. The van der Waals surface area contributed by atoms with Gasteiger partial charge in [0.15, 0.2) is 0 Å². The Morgan fingerprint density at radius 3 is 2.27 bits per heavy atom. The second kappa shape index (κ2) is 13.9. The standard InChI is InChI=1S/C28H31ClN4O6S/c1-3-17-30-28(35)26(4-2)31(19-21-13-15-22(29)16-14-21)27(34)20-32(23-9-8-10-24(18-23)33(36)37)40(38,39)25-11-6-5-7-12-25/h5-16,18,26H,3-4,17,19-20H2,1-2H3,(H,30,35). The number of hydrogen-bond acceptors (Lipinski definition) is 6. The number of non-ortho nitro benzene ring substituents is 1. The van der Waals surface area contributed by atoms with E-state index in [2.05, 4.69) is 5.32 Å². The molecule has 3 aromatic rings. The van der Waals surface area contributed by atoms with Gasteiger partial charge in [-0.05, 0) is 48.7 Å². The fraction of sp³-hybridized carbons (Fsp3) is 0.286. The van der Waals surface area contributed by atoms with Crippen molar-refractivity contribution >= 4 is 44.8 Å². The van der Waals surface area contributed by atoms with Gasteiger partial charge in [-0.15, -0.1) is 0 Å². The van der Waals surface area contributed by atoms with E-state index in [0.717, 1.165) is 10.4 Å². The molecule has 40 heavy (non-hydrogen) atoms. The minimum Gasteiger partial charge on any atom is -0.354 e. The summed E-state index contributed by atoms with van der Waals surface area (Å²) in [6.45, 7) is 3.41. The predicted octanol–water partition coefficient (Wildman–Crippen LogP) is 4.78. The molecule has 1 unspecified atom stereocenters. The number of benzene rings is 3. The molecule has 0 radical (unpaired) electrons. The van der Waals surface area contributed by atoms with E-state index in [0.29, 0.717) is 23.6 Å². The first-order valence-electron chi connectivity index (χ1n) is 12.7. The summed E-state index contributed by atoms with van der Waals surface area (Å²) in [5, 5.41) is 14.8. The summed E-state index contributed by atoms with van der Waals surface area (Å²) in [5.74, 6) is -1.01. The van der Waals surface area contributed by atoms with Crippen molar-refractivity contribution in [1.82, 2.24) is 10.2 Å². The van der Waals surface area contributed by atoms with Crippen molar-refractivity contribution in [3.63, 3.8) is 0 Å². The van der Waals surface area contributed by atoms with Gasteiger partial charge >= 0.3 is 0 Å². The lowest BCUT2D eigenvalue weighted by Gasteiger charge is -2.33. The van der Waals surface area contributed by atoms with E-state index < -0.39 is 33.4 Å². The normalized spacial score (nSPS) is 11.9. The highest BCUT2D eigenvalue weighted by molar-refractivity contribution is 7.92. The van der Waals surface area contributed by atoms with Gasteiger partial charge in [-0.25, -0.2) is 8.42 Å². The Hall–Kier alpha value is -3.96. The van der Waals surface area contributed by atoms with Crippen LogP contribution in [0.3, 0.4) is 0 Å². The number of rotatable bonds is 13. The van der Waals surface area contributed by atoms with Gasteiger partial charge in [0, 0.05) is 30.2 Å². The van der Waals surface area contributed by atoms with Gasteiger partial charge in [-0.3, -0.25) is 24.0 Å². The number of amides is 2. The van der Waals surface area contributed by atoms with E-state index in [1.54, 1.807) is 49.4 Å². The van der Waals surface area contributed by atoms with Gasteiger partial charge in [0.1, 0.15) is 12.6 Å². The molecule has 0 aliphatic rings. The maximum absolute atomic E-state index is 14.0. The lowest BCUT2D eigenvalue weighted by atomic mass is 10.1. The number of sulfonamides is 1. The summed E-state index contributed by atoms with van der Waals surface area (Å²) in [7, 11) is -4.33. The summed E-state index contributed by atoms with van der Waals surface area (Å²) in [6, 6.07) is 18.4. The molecule has 0 spiro atoms. The Kier molecular flexibility index (Phi) is 10.6. The minimum atomic E-state index is -4.33. The van der Waals surface area contributed by atoms with Crippen molar-refractivity contribution < 1.29 is 22.9 Å². The highest BCUT2D eigenvalue weighted by Gasteiger charge is 2.34. The second-order valence-corrected chi connectivity index (χ2v) is 11.3. The Morgan fingerprint density at radius 1 is 1.00 bits per heavy atom. The molecule has 10 nitrogen and oxygen atoms in total. The first kappa shape index (κ1) is 30.6. The van der Waals surface area contributed by atoms with Crippen LogP contribution in [0.2, 0.25) is 5.02 Å². The average Bonchev–Trinajstić information content (AvgIpc) is 2.96. The molecule has 212 valence electrons. The van der Waals surface area contributed by atoms with Crippen LogP contribution in [0.4, 0.5) is 11.4 Å². The van der Waals surface area contributed by atoms with Gasteiger partial charge in [0.2, 0.25) is 11.8 Å². The molecule has 0 fully saturated rings. The largest absolute Gasteiger partial charge is 0.354 e. The summed E-state index contributed by atoms with van der Waals surface area (Å²) in [6.07, 6.45) is 0.973. The fourth-order valence-electron chi connectivity index (χ4n) is 4.08. The highest BCUT2D eigenvalue weighted by atomic mass is 35.5. The van der Waals surface area contributed by atoms with Crippen LogP contribution in [0, 0.1) is 10.1 Å². The average molecular weight is 587 g/mol. The molecule has 0 saturated heterocycles. The zero-order valence-electron chi connectivity index (χ0n) is 22.2. The van der Waals surface area contributed by atoms with E-state index in [1.165, 1.54) is 35.2 Å². The molecular weight excluding hydrogens is 556 g/mol. The summed E-state index contributed by atoms with van der Waals surface area (Å²) in [5.41, 5.74) is 0.301. The van der Waals surface area contributed by atoms with E-state index >= 15 is 0 Å². The van der Waals surface area contributed by atoms with Crippen molar-refractivity contribution in [2.24, 2.45) is 0 Å². The van der Waals surface area contributed by atoms with Crippen LogP contribution in [0.1, 0.15) is 32.3 Å². The van der Waals surface area contributed by atoms with Crippen molar-refractivity contribution in [2.45, 2.75) is 44.2 Å². The molecule has 0 aliphatic heterocycles. The Morgan fingerprint density at radius 2 is 1.68 bits per heavy atom. The third kappa shape index (κ3) is 7.57. The van der Waals surface area contributed by atoms with Crippen LogP contribution in [0.5, 0.6) is 0 Å². The lowest BCUT2D eigenvalue weighted by molar-refractivity contribution is -0.384. The number of hydrogen-bond donors (Lipinski definition) is 1. The molecule has 1 N–H and O–H groups in total. The maximum atomic E-state index is 14.0. The SMILES string of the molecule is CCCNC(=O)C(CC)N(Cc1ccc(Cl)cc1)C(=O)CN(c1cccc([N+](=O)[O-])c1)S(=O)(=O)c1ccccc1. The zero-order valence-corrected chi connectivity index (χ0v) is 23.8. The number of halogens is 1. The van der Waals surface area contributed by atoms with Gasteiger partial charge in [-0.2, -0.15) is 0 Å². The van der Waals surface area contributed by atoms with Crippen LogP contribution >= 0.6 is 11.6 Å². The molecule has 3 aromatic carbocycles. The van der Waals surface area contributed by atoms with E-state index in [1.807, 2.05) is 6.92 Å². The van der Waals surface area contributed by atoms with Gasteiger partial charge < -0.3 is 10.2 Å². The number of carbonyl (C=O) groups is 2. The lowest BCUT2D eigenvalue weighted by Crippen LogP contribution is -2.52.